The van der Waals surface area contributed by atoms with Crippen LogP contribution in [0.15, 0.2) is 41.1 Å². The highest BCUT2D eigenvalue weighted by molar-refractivity contribution is 5.91. The quantitative estimate of drug-likeness (QED) is 0.814. The van der Waals surface area contributed by atoms with E-state index in [1.165, 1.54) is 7.05 Å². The minimum Gasteiger partial charge on any atom is -0.454 e. The first-order chi connectivity index (χ1) is 11.6. The van der Waals surface area contributed by atoms with Crippen molar-refractivity contribution in [1.82, 2.24) is 20.5 Å². The molecule has 0 fully saturated rings. The molecular formula is C17H22N4O3. The van der Waals surface area contributed by atoms with Gasteiger partial charge in [0.15, 0.2) is 5.76 Å². The molecule has 0 atom stereocenters. The molecule has 2 heterocycles. The summed E-state index contributed by atoms with van der Waals surface area (Å²) in [6.07, 6.45) is 4.31. The average molecular weight is 330 g/mol. The van der Waals surface area contributed by atoms with Crippen LogP contribution in [0.1, 0.15) is 35.2 Å². The van der Waals surface area contributed by atoms with E-state index < -0.39 is 0 Å². The van der Waals surface area contributed by atoms with Crippen molar-refractivity contribution in [2.75, 3.05) is 13.6 Å². The number of furan rings is 1. The molecule has 0 spiro atoms. The Hall–Kier alpha value is -2.83. The molecule has 2 aromatic rings. The van der Waals surface area contributed by atoms with E-state index in [1.807, 2.05) is 19.1 Å². The van der Waals surface area contributed by atoms with E-state index in [9.17, 15) is 9.59 Å². The number of carbonyl (C=O) groups excluding carboxylic acids is 2. The van der Waals surface area contributed by atoms with Crippen LogP contribution in [0, 0.1) is 0 Å². The monoisotopic (exact) mass is 330 g/mol. The molecule has 2 N–H and O–H groups in total. The van der Waals surface area contributed by atoms with Gasteiger partial charge in [-0.05, 0) is 30.2 Å². The van der Waals surface area contributed by atoms with Crippen LogP contribution >= 0.6 is 0 Å². The predicted molar refractivity (Wildman–Crippen MR) is 89.3 cm³/mol. The maximum atomic E-state index is 12.4. The first-order valence-corrected chi connectivity index (χ1v) is 7.86. The van der Waals surface area contributed by atoms with Crippen LogP contribution in [-0.2, 0) is 13.1 Å². The third kappa shape index (κ3) is 4.84. The van der Waals surface area contributed by atoms with Crippen molar-refractivity contribution in [3.63, 3.8) is 0 Å². The maximum absolute atomic E-state index is 12.4. The topological polar surface area (TPSA) is 87.5 Å². The number of urea groups is 1. The summed E-state index contributed by atoms with van der Waals surface area (Å²) in [4.78, 5) is 29.6. The average Bonchev–Trinajstić information content (AvgIpc) is 3.08. The van der Waals surface area contributed by atoms with Crippen molar-refractivity contribution in [2.45, 2.75) is 26.4 Å². The third-order valence-electron chi connectivity index (χ3n) is 3.40. The summed E-state index contributed by atoms with van der Waals surface area (Å²) in [7, 11) is 1.54. The van der Waals surface area contributed by atoms with Gasteiger partial charge in [0.25, 0.3) is 5.91 Å². The molecule has 128 valence electrons. The van der Waals surface area contributed by atoms with E-state index in [1.54, 1.807) is 29.4 Å². The molecule has 0 radical (unpaired) electrons. The Balaban J connectivity index is 1.92. The minimum atomic E-state index is -0.295. The van der Waals surface area contributed by atoms with Gasteiger partial charge in [-0.2, -0.15) is 0 Å². The van der Waals surface area contributed by atoms with Crippen LogP contribution in [-0.4, -0.2) is 35.4 Å². The van der Waals surface area contributed by atoms with Crippen LogP contribution in [0.3, 0.4) is 0 Å². The summed E-state index contributed by atoms with van der Waals surface area (Å²) >= 11 is 0. The van der Waals surface area contributed by atoms with E-state index in [0.717, 1.165) is 12.0 Å². The Kier molecular flexibility index (Phi) is 6.36. The van der Waals surface area contributed by atoms with Crippen LogP contribution in [0.5, 0.6) is 0 Å². The first-order valence-electron chi connectivity index (χ1n) is 7.86. The summed E-state index contributed by atoms with van der Waals surface area (Å²) < 4.78 is 5.39. The van der Waals surface area contributed by atoms with Crippen molar-refractivity contribution in [1.29, 1.82) is 0 Å². The van der Waals surface area contributed by atoms with Crippen molar-refractivity contribution < 1.29 is 14.0 Å². The van der Waals surface area contributed by atoms with Crippen LogP contribution in [0.2, 0.25) is 0 Å². The molecule has 0 saturated carbocycles. The molecule has 2 aromatic heterocycles. The van der Waals surface area contributed by atoms with Gasteiger partial charge in [-0.3, -0.25) is 9.78 Å². The number of carbonyl (C=O) groups is 2. The molecule has 7 heteroatoms. The van der Waals surface area contributed by atoms with E-state index in [4.69, 9.17) is 4.42 Å². The summed E-state index contributed by atoms with van der Waals surface area (Å²) in [5.41, 5.74) is 0.973. The second kappa shape index (κ2) is 8.71. The van der Waals surface area contributed by atoms with E-state index in [-0.39, 0.29) is 24.2 Å². The molecular weight excluding hydrogens is 308 g/mol. The number of pyridine rings is 1. The van der Waals surface area contributed by atoms with Gasteiger partial charge < -0.3 is 20.0 Å². The molecule has 0 aliphatic carbocycles. The fourth-order valence-electron chi connectivity index (χ4n) is 2.23. The van der Waals surface area contributed by atoms with Gasteiger partial charge in [-0.1, -0.05) is 13.0 Å². The molecule has 2 rings (SSSR count). The Morgan fingerprint density at radius 2 is 2.12 bits per heavy atom. The normalized spacial score (nSPS) is 10.2. The second-order valence-electron chi connectivity index (χ2n) is 5.29. The Labute approximate surface area is 141 Å². The van der Waals surface area contributed by atoms with Crippen molar-refractivity contribution in [3.05, 3.63) is 53.7 Å². The fourth-order valence-corrected chi connectivity index (χ4v) is 2.23. The lowest BCUT2D eigenvalue weighted by Gasteiger charge is -2.22. The lowest BCUT2D eigenvalue weighted by Crippen LogP contribution is -2.39. The second-order valence-corrected chi connectivity index (χ2v) is 5.29. The fraction of sp³-hybridized carbons (Fsp3) is 0.353. The SMILES string of the molecule is CCCN(Cc1cccnc1)C(=O)NCc1ccc(C(=O)NC)o1. The minimum absolute atomic E-state index is 0.182. The summed E-state index contributed by atoms with van der Waals surface area (Å²) in [6, 6.07) is 6.86. The number of hydrogen-bond acceptors (Lipinski definition) is 4. The first kappa shape index (κ1) is 17.5. The zero-order valence-electron chi connectivity index (χ0n) is 13.9. The third-order valence-corrected chi connectivity index (χ3v) is 3.40. The molecule has 0 aliphatic rings. The van der Waals surface area contributed by atoms with Gasteiger partial charge in [0.2, 0.25) is 0 Å². The largest absolute Gasteiger partial charge is 0.454 e. The number of nitrogens with one attached hydrogen (secondary N) is 2. The lowest BCUT2D eigenvalue weighted by molar-refractivity contribution is 0.0933. The number of aromatic nitrogens is 1. The zero-order chi connectivity index (χ0) is 17.4. The predicted octanol–water partition coefficient (Wildman–Crippen LogP) is 2.16. The van der Waals surface area contributed by atoms with Crippen molar-refractivity contribution in [2.24, 2.45) is 0 Å². The smallest absolute Gasteiger partial charge is 0.318 e. The van der Waals surface area contributed by atoms with Crippen molar-refractivity contribution in [3.8, 4) is 0 Å². The number of nitrogens with zero attached hydrogens (tertiary/aromatic N) is 2. The molecule has 3 amide bonds. The van der Waals surface area contributed by atoms with Gasteiger partial charge in [0.05, 0.1) is 6.54 Å². The maximum Gasteiger partial charge on any atom is 0.318 e. The van der Waals surface area contributed by atoms with Gasteiger partial charge in [0, 0.05) is 32.5 Å². The molecule has 0 bridgehead atoms. The molecule has 0 aliphatic heterocycles. The van der Waals surface area contributed by atoms with E-state index in [0.29, 0.717) is 18.8 Å². The van der Waals surface area contributed by atoms with Gasteiger partial charge in [-0.25, -0.2) is 4.79 Å². The number of rotatable bonds is 7. The highest BCUT2D eigenvalue weighted by Crippen LogP contribution is 2.09. The molecule has 7 nitrogen and oxygen atoms in total. The molecule has 0 saturated heterocycles. The van der Waals surface area contributed by atoms with E-state index >= 15 is 0 Å². The summed E-state index contributed by atoms with van der Waals surface area (Å²) in [5.74, 6) is 0.457. The standard InChI is InChI=1S/C17H22N4O3/c1-3-9-21(12-13-5-4-8-19-10-13)17(23)20-11-14-6-7-15(24-14)16(22)18-2/h4-8,10H,3,9,11-12H2,1-2H3,(H,18,22)(H,20,23). The van der Waals surface area contributed by atoms with Crippen LogP contribution < -0.4 is 10.6 Å². The highest BCUT2D eigenvalue weighted by atomic mass is 16.4. The lowest BCUT2D eigenvalue weighted by atomic mass is 10.2. The van der Waals surface area contributed by atoms with E-state index in [2.05, 4.69) is 15.6 Å². The summed E-state index contributed by atoms with van der Waals surface area (Å²) in [6.45, 7) is 3.38. The summed E-state index contributed by atoms with van der Waals surface area (Å²) in [5, 5.41) is 5.30. The Bertz CT molecular complexity index is 669. The van der Waals surface area contributed by atoms with Crippen molar-refractivity contribution >= 4 is 11.9 Å². The van der Waals surface area contributed by atoms with Crippen LogP contribution in [0.4, 0.5) is 4.79 Å². The zero-order valence-corrected chi connectivity index (χ0v) is 13.9. The number of amides is 3. The molecule has 0 aromatic carbocycles. The highest BCUT2D eigenvalue weighted by Gasteiger charge is 2.14. The van der Waals surface area contributed by atoms with Gasteiger partial charge in [-0.15, -0.1) is 0 Å². The van der Waals surface area contributed by atoms with Gasteiger partial charge in [0.1, 0.15) is 5.76 Å². The molecule has 24 heavy (non-hydrogen) atoms. The molecule has 0 unspecified atom stereocenters. The van der Waals surface area contributed by atoms with Gasteiger partial charge >= 0.3 is 6.03 Å². The Morgan fingerprint density at radius 3 is 2.79 bits per heavy atom. The number of hydrogen-bond donors (Lipinski definition) is 2. The Morgan fingerprint density at radius 1 is 1.29 bits per heavy atom. The van der Waals surface area contributed by atoms with Crippen LogP contribution in [0.25, 0.3) is 0 Å².